The van der Waals surface area contributed by atoms with Crippen LogP contribution in [-0.2, 0) is 0 Å². The number of hydrogen-bond donors (Lipinski definition) is 3. The Morgan fingerprint density at radius 3 is 2.76 bits per heavy atom. The molecule has 3 aliphatic carbocycles. The van der Waals surface area contributed by atoms with Gasteiger partial charge in [-0.25, -0.2) is 8.78 Å². The first kappa shape index (κ1) is 25.7. The molecular formula is C27H43F2N4O+. The van der Waals surface area contributed by atoms with Crippen molar-refractivity contribution in [1.29, 1.82) is 0 Å². The van der Waals surface area contributed by atoms with Crippen molar-refractivity contribution in [2.75, 3.05) is 13.6 Å². The Kier molecular flexibility index (Phi) is 8.08. The van der Waals surface area contributed by atoms with Crippen LogP contribution in [0.3, 0.4) is 0 Å². The van der Waals surface area contributed by atoms with Gasteiger partial charge in [-0.3, -0.25) is 10.3 Å². The summed E-state index contributed by atoms with van der Waals surface area (Å²) >= 11 is 0. The van der Waals surface area contributed by atoms with E-state index in [1.165, 1.54) is 12.8 Å². The molecule has 0 radical (unpaired) electrons. The van der Waals surface area contributed by atoms with E-state index in [4.69, 9.17) is 9.66 Å². The van der Waals surface area contributed by atoms with E-state index in [0.717, 1.165) is 68.4 Å². The van der Waals surface area contributed by atoms with Gasteiger partial charge in [-0.15, -0.1) is 0 Å². The normalized spacial score (nSPS) is 33.2. The highest BCUT2D eigenvalue weighted by Crippen LogP contribution is 2.47. The molecule has 3 N–H and O–H groups in total. The summed E-state index contributed by atoms with van der Waals surface area (Å²) in [5.74, 6) is -0.453. The van der Waals surface area contributed by atoms with Gasteiger partial charge in [0.2, 0.25) is 5.92 Å². The summed E-state index contributed by atoms with van der Waals surface area (Å²) in [6.07, 6.45) is 9.32. The first-order valence-electron chi connectivity index (χ1n) is 13.3. The molecule has 0 saturated heterocycles. The maximum atomic E-state index is 13.5. The van der Waals surface area contributed by atoms with Gasteiger partial charge in [-0.1, -0.05) is 24.1 Å². The summed E-state index contributed by atoms with van der Waals surface area (Å²) < 4.78 is 32.0. The van der Waals surface area contributed by atoms with E-state index in [1.54, 1.807) is 0 Å². The molecule has 5 nitrogen and oxygen atoms in total. The van der Waals surface area contributed by atoms with Gasteiger partial charge < -0.3 is 10.4 Å². The van der Waals surface area contributed by atoms with E-state index in [2.05, 4.69) is 23.6 Å². The summed E-state index contributed by atoms with van der Waals surface area (Å²) in [6, 6.07) is 0.0340. The number of hydrogen-bond acceptors (Lipinski definition) is 4. The van der Waals surface area contributed by atoms with Crippen LogP contribution in [0.1, 0.15) is 78.6 Å². The van der Waals surface area contributed by atoms with Crippen molar-refractivity contribution < 1.29 is 13.9 Å². The smallest absolute Gasteiger partial charge is 0.329 e. The van der Waals surface area contributed by atoms with Gasteiger partial charge in [0.05, 0.1) is 18.8 Å². The number of fused-ring (bicyclic) bond motifs is 5. The van der Waals surface area contributed by atoms with Gasteiger partial charge in [-0.2, -0.15) is 0 Å². The third-order valence-electron chi connectivity index (χ3n) is 8.55. The van der Waals surface area contributed by atoms with Crippen molar-refractivity contribution in [2.24, 2.45) is 34.6 Å². The fraction of sp³-hybridized carbons (Fsp3) is 0.815. The molecule has 5 aliphatic rings. The minimum atomic E-state index is -2.65. The molecule has 7 heteroatoms. The van der Waals surface area contributed by atoms with Crippen LogP contribution in [0.4, 0.5) is 8.78 Å². The minimum Gasteiger partial charge on any atom is -0.377 e. The van der Waals surface area contributed by atoms with Crippen LogP contribution in [0.15, 0.2) is 16.8 Å². The number of alkyl halides is 2. The van der Waals surface area contributed by atoms with Gasteiger partial charge in [0.15, 0.2) is 0 Å². The molecule has 0 aromatic heterocycles. The number of aliphatic hydroxyl groups is 1. The largest absolute Gasteiger partial charge is 0.377 e. The van der Waals surface area contributed by atoms with Crippen molar-refractivity contribution in [1.82, 2.24) is 15.3 Å². The third-order valence-corrected chi connectivity index (χ3v) is 8.55. The van der Waals surface area contributed by atoms with Gasteiger partial charge in [-0.05, 0) is 77.3 Å². The lowest BCUT2D eigenvalue weighted by Crippen LogP contribution is -2.51. The van der Waals surface area contributed by atoms with Crippen molar-refractivity contribution in [3.63, 3.8) is 0 Å². The summed E-state index contributed by atoms with van der Waals surface area (Å²) in [5.41, 5.74) is 4.19. The zero-order chi connectivity index (χ0) is 24.5. The number of aliphatic hydroxyl groups excluding tert-OH is 1. The number of halogens is 2. The second-order valence-electron chi connectivity index (χ2n) is 11.2. The molecule has 5 rings (SSSR count). The number of nitrogens with zero attached hydrogens (tertiary/aromatic N) is 2. The molecule has 0 aromatic rings. The van der Waals surface area contributed by atoms with Crippen LogP contribution in [0.25, 0.3) is 0 Å². The quantitative estimate of drug-likeness (QED) is 0.346. The van der Waals surface area contributed by atoms with E-state index in [1.807, 2.05) is 14.0 Å². The molecule has 34 heavy (non-hydrogen) atoms. The Labute approximate surface area is 203 Å². The van der Waals surface area contributed by atoms with Crippen molar-refractivity contribution in [2.45, 2.75) is 96.8 Å². The summed E-state index contributed by atoms with van der Waals surface area (Å²) in [5, 5.41) is 17.3. The van der Waals surface area contributed by atoms with Crippen molar-refractivity contribution in [3.05, 3.63) is 11.8 Å². The molecule has 2 aliphatic heterocycles. The molecule has 2 heterocycles. The predicted octanol–water partition coefficient (Wildman–Crippen LogP) is 4.10. The van der Waals surface area contributed by atoms with Gasteiger partial charge in [0, 0.05) is 24.1 Å². The van der Waals surface area contributed by atoms with Gasteiger partial charge in [0.25, 0.3) is 5.71 Å². The highest BCUT2D eigenvalue weighted by molar-refractivity contribution is 6.45. The molecule has 3 saturated carbocycles. The van der Waals surface area contributed by atoms with Crippen LogP contribution in [0.2, 0.25) is 0 Å². The van der Waals surface area contributed by atoms with Gasteiger partial charge >= 0.3 is 5.71 Å². The topological polar surface area (TPSA) is 70.8 Å². The van der Waals surface area contributed by atoms with E-state index < -0.39 is 12.2 Å². The summed E-state index contributed by atoms with van der Waals surface area (Å²) in [4.78, 5) is 5.11. The Hall–Kier alpha value is -1.40. The number of nitrogens with one attached hydrogen (secondary N) is 2. The number of rotatable bonds is 9. The zero-order valence-corrected chi connectivity index (χ0v) is 21.3. The lowest BCUT2D eigenvalue weighted by atomic mass is 9.71. The summed E-state index contributed by atoms with van der Waals surface area (Å²) in [7, 11) is 1.95. The Bertz CT molecular complexity index is 870. The number of likely N-dealkylation sites (N-methyl/N-ethyl adjacent to an activating group) is 2. The van der Waals surface area contributed by atoms with Crippen LogP contribution >= 0.6 is 0 Å². The molecule has 7 unspecified atom stereocenters. The number of aliphatic imine (C=N–C) groups is 1. The standard InChI is InChI=1S/C27H43F2N4O/c1-5-31-26(34)24(30-4)20-12-17-7-9-18(14-20)22(13-17)25-23-19(8-6-16(2)32-25)15-21(33-23)10-11-27(3,28)29/h6,17-20,22,24,26,30-31,34H,5,7-15H2,1-4H3/q+1. The second-order valence-corrected chi connectivity index (χ2v) is 11.2. The Morgan fingerprint density at radius 2 is 2.06 bits per heavy atom. The fourth-order valence-corrected chi connectivity index (χ4v) is 6.90. The molecule has 190 valence electrons. The fourth-order valence-electron chi connectivity index (χ4n) is 6.90. The molecule has 2 bridgehead atoms. The minimum absolute atomic E-state index is 0.0340. The molecular weight excluding hydrogens is 434 g/mol. The van der Waals surface area contributed by atoms with Crippen LogP contribution in [-0.4, -0.2) is 54.0 Å². The molecule has 7 atom stereocenters. The highest BCUT2D eigenvalue weighted by atomic mass is 19.3. The Morgan fingerprint density at radius 1 is 1.26 bits per heavy atom. The predicted molar refractivity (Wildman–Crippen MR) is 135 cm³/mol. The lowest BCUT2D eigenvalue weighted by molar-refractivity contribution is 0.0150. The molecule has 0 spiro atoms. The monoisotopic (exact) mass is 477 g/mol. The first-order chi connectivity index (χ1) is 16.2. The van der Waals surface area contributed by atoms with Crippen LogP contribution in [0, 0.1) is 29.6 Å². The third kappa shape index (κ3) is 5.87. The van der Waals surface area contributed by atoms with E-state index in [0.29, 0.717) is 30.1 Å². The van der Waals surface area contributed by atoms with Crippen LogP contribution in [0.5, 0.6) is 0 Å². The maximum Gasteiger partial charge on any atom is 0.329 e. The van der Waals surface area contributed by atoms with Crippen LogP contribution < -0.4 is 15.3 Å². The van der Waals surface area contributed by atoms with Crippen molar-refractivity contribution >= 4 is 17.1 Å². The average Bonchev–Trinajstić information content (AvgIpc) is 2.87. The highest BCUT2D eigenvalue weighted by Gasteiger charge is 2.48. The van der Waals surface area contributed by atoms with E-state index in [9.17, 15) is 13.9 Å². The molecule has 0 aromatic carbocycles. The lowest BCUT2D eigenvalue weighted by Gasteiger charge is -2.33. The van der Waals surface area contributed by atoms with Gasteiger partial charge in [0.1, 0.15) is 11.9 Å². The molecule has 0 amide bonds. The van der Waals surface area contributed by atoms with Crippen molar-refractivity contribution in [3.8, 4) is 0 Å². The zero-order valence-electron chi connectivity index (χ0n) is 21.3. The first-order valence-corrected chi connectivity index (χ1v) is 13.3. The SMILES string of the molecule is CCNC(O)C(NC)C1CC2CCC(C1)C(C1=NC(C)=CCC3CC(CCC(C)(F)F)=[N+]=C13)C2. The second kappa shape index (κ2) is 10.7. The molecule has 3 fully saturated rings. The summed E-state index contributed by atoms with van der Waals surface area (Å²) in [6.45, 7) is 5.84. The maximum absolute atomic E-state index is 13.5. The Balaban J connectivity index is 1.59. The van der Waals surface area contributed by atoms with E-state index >= 15 is 0 Å². The average molecular weight is 478 g/mol. The van der Waals surface area contributed by atoms with E-state index in [-0.39, 0.29) is 18.4 Å². The number of allylic oxidation sites excluding steroid dienone is 2.